The van der Waals surface area contributed by atoms with E-state index in [1.165, 1.54) is 11.2 Å². The van der Waals surface area contributed by atoms with Crippen LogP contribution in [-0.2, 0) is 14.6 Å². The molecule has 0 bridgehead atoms. The fourth-order valence-corrected chi connectivity index (χ4v) is 2.16. The topological polar surface area (TPSA) is 90.9 Å². The third-order valence-electron chi connectivity index (χ3n) is 2.72. The molecule has 0 fully saturated rings. The molecule has 132 valence electrons. The number of aliphatic imine (C=N–C) groups is 1. The van der Waals surface area contributed by atoms with Crippen molar-refractivity contribution in [2.75, 3.05) is 39.2 Å². The Morgan fingerprint density at radius 3 is 2.36 bits per heavy atom. The van der Waals surface area contributed by atoms with Crippen molar-refractivity contribution in [3.8, 4) is 0 Å². The zero-order chi connectivity index (χ0) is 16.5. The van der Waals surface area contributed by atoms with Crippen molar-refractivity contribution in [3.05, 3.63) is 0 Å². The fourth-order valence-electron chi connectivity index (χ4n) is 1.38. The molecule has 0 spiro atoms. The molecule has 2 N–H and O–H groups in total. The summed E-state index contributed by atoms with van der Waals surface area (Å²) in [7, 11) is 0.389. The number of sulfone groups is 1. The number of hydrogen-bond acceptors (Lipinski definition) is 4. The van der Waals surface area contributed by atoms with Gasteiger partial charge in [-0.1, -0.05) is 6.92 Å². The number of likely N-dealkylation sites (N-methyl/N-ethyl adjacent to an activating group) is 1. The van der Waals surface area contributed by atoms with Crippen LogP contribution in [0.25, 0.3) is 0 Å². The number of guanidine groups is 1. The first kappa shape index (κ1) is 23.7. The first-order valence-electron chi connectivity index (χ1n) is 7.08. The van der Waals surface area contributed by atoms with Crippen molar-refractivity contribution < 1.29 is 13.2 Å². The average Bonchev–Trinajstić information content (AvgIpc) is 2.38. The number of hydrogen-bond donors (Lipinski definition) is 2. The van der Waals surface area contributed by atoms with E-state index in [0.717, 1.165) is 13.0 Å². The molecular formula is C13H29IN4O3S. The maximum absolute atomic E-state index is 11.5. The van der Waals surface area contributed by atoms with Gasteiger partial charge in [0.15, 0.2) is 5.96 Å². The van der Waals surface area contributed by atoms with Crippen LogP contribution >= 0.6 is 24.0 Å². The Bertz CT molecular complexity index is 452. The highest BCUT2D eigenvalue weighted by atomic mass is 127. The Kier molecular flexibility index (Phi) is 12.8. The van der Waals surface area contributed by atoms with Gasteiger partial charge in [0, 0.05) is 32.9 Å². The van der Waals surface area contributed by atoms with E-state index in [0.29, 0.717) is 12.4 Å². The largest absolute Gasteiger partial charge is 0.356 e. The second-order valence-electron chi connectivity index (χ2n) is 5.34. The Balaban J connectivity index is 0. The molecule has 0 aromatic carbocycles. The Hall–Kier alpha value is -0.580. The molecule has 0 heterocycles. The van der Waals surface area contributed by atoms with Crippen molar-refractivity contribution in [1.29, 1.82) is 0 Å². The summed E-state index contributed by atoms with van der Waals surface area (Å²) in [5, 5.41) is 6.23. The van der Waals surface area contributed by atoms with E-state index >= 15 is 0 Å². The highest BCUT2D eigenvalue weighted by molar-refractivity contribution is 14.0. The predicted octanol–water partition coefficient (Wildman–Crippen LogP) is 0.461. The third-order valence-corrected chi connectivity index (χ3v) is 3.70. The number of carbonyl (C=O) groups excluding carboxylic acids is 1. The number of amides is 1. The summed E-state index contributed by atoms with van der Waals surface area (Å²) < 4.78 is 22.3. The Morgan fingerprint density at radius 2 is 1.91 bits per heavy atom. The normalized spacial score (nSPS) is 13.0. The highest BCUT2D eigenvalue weighted by Crippen LogP contribution is 1.95. The molecule has 0 aliphatic carbocycles. The summed E-state index contributed by atoms with van der Waals surface area (Å²) in [5.74, 6) is 0.572. The van der Waals surface area contributed by atoms with Gasteiger partial charge in [-0.2, -0.15) is 0 Å². The molecule has 0 radical (unpaired) electrons. The first-order chi connectivity index (χ1) is 9.65. The van der Waals surface area contributed by atoms with Crippen LogP contribution in [0.2, 0.25) is 0 Å². The van der Waals surface area contributed by atoms with Crippen LogP contribution in [0.3, 0.4) is 0 Å². The standard InChI is InChI=1S/C13H28N4O3S.HI/c1-6-8-14-13(15-10-12(18)17(3)4)16-11(2)7-9-21(5,19)20;/h11H,6-10H2,1-5H3,(H2,14,15,16);1H. The van der Waals surface area contributed by atoms with Crippen molar-refractivity contribution in [2.45, 2.75) is 32.7 Å². The van der Waals surface area contributed by atoms with Crippen LogP contribution in [0.5, 0.6) is 0 Å². The molecule has 0 aromatic rings. The van der Waals surface area contributed by atoms with Gasteiger partial charge >= 0.3 is 0 Å². The Morgan fingerprint density at radius 1 is 1.32 bits per heavy atom. The van der Waals surface area contributed by atoms with Crippen LogP contribution in [0.4, 0.5) is 0 Å². The van der Waals surface area contributed by atoms with Crippen LogP contribution in [0.1, 0.15) is 26.7 Å². The molecule has 0 aliphatic rings. The smallest absolute Gasteiger partial charge is 0.243 e. The second kappa shape index (κ2) is 11.9. The number of nitrogens with zero attached hydrogens (tertiary/aromatic N) is 2. The molecule has 9 heteroatoms. The van der Waals surface area contributed by atoms with Crippen LogP contribution in [0, 0.1) is 0 Å². The maximum atomic E-state index is 11.5. The maximum Gasteiger partial charge on any atom is 0.243 e. The zero-order valence-corrected chi connectivity index (χ0v) is 17.2. The fraction of sp³-hybridized carbons (Fsp3) is 0.846. The second-order valence-corrected chi connectivity index (χ2v) is 7.60. The van der Waals surface area contributed by atoms with Gasteiger partial charge < -0.3 is 15.5 Å². The molecule has 22 heavy (non-hydrogen) atoms. The first-order valence-corrected chi connectivity index (χ1v) is 9.14. The van der Waals surface area contributed by atoms with Gasteiger partial charge in [-0.25, -0.2) is 13.4 Å². The van der Waals surface area contributed by atoms with E-state index in [1.54, 1.807) is 14.1 Å². The molecule has 0 rings (SSSR count). The van der Waals surface area contributed by atoms with Crippen molar-refractivity contribution in [2.24, 2.45) is 4.99 Å². The van der Waals surface area contributed by atoms with Gasteiger partial charge in [0.25, 0.3) is 0 Å². The summed E-state index contributed by atoms with van der Waals surface area (Å²) in [6.07, 6.45) is 2.65. The highest BCUT2D eigenvalue weighted by Gasteiger charge is 2.10. The lowest BCUT2D eigenvalue weighted by Crippen LogP contribution is -2.43. The van der Waals surface area contributed by atoms with Crippen molar-refractivity contribution in [1.82, 2.24) is 15.5 Å². The van der Waals surface area contributed by atoms with Crippen LogP contribution in [0.15, 0.2) is 4.99 Å². The number of halogens is 1. The number of carbonyl (C=O) groups is 1. The van der Waals surface area contributed by atoms with E-state index in [2.05, 4.69) is 15.6 Å². The van der Waals surface area contributed by atoms with E-state index in [9.17, 15) is 13.2 Å². The molecule has 0 saturated heterocycles. The van der Waals surface area contributed by atoms with Crippen molar-refractivity contribution >= 4 is 45.7 Å². The lowest BCUT2D eigenvalue weighted by Gasteiger charge is -2.18. The van der Waals surface area contributed by atoms with Crippen LogP contribution in [-0.4, -0.2) is 70.4 Å². The van der Waals surface area contributed by atoms with E-state index in [-0.39, 0.29) is 48.2 Å². The third kappa shape index (κ3) is 13.1. The number of rotatable bonds is 8. The molecule has 7 nitrogen and oxygen atoms in total. The van der Waals surface area contributed by atoms with Gasteiger partial charge in [-0.3, -0.25) is 4.79 Å². The molecule has 0 aliphatic heterocycles. The van der Waals surface area contributed by atoms with E-state index in [1.807, 2.05) is 13.8 Å². The van der Waals surface area contributed by atoms with Gasteiger partial charge in [0.2, 0.25) is 5.91 Å². The molecular weight excluding hydrogens is 419 g/mol. The summed E-state index contributed by atoms with van der Waals surface area (Å²) in [6.45, 7) is 4.72. The van der Waals surface area contributed by atoms with Gasteiger partial charge in [0.05, 0.1) is 5.75 Å². The minimum absolute atomic E-state index is 0. The monoisotopic (exact) mass is 448 g/mol. The van der Waals surface area contributed by atoms with E-state index < -0.39 is 9.84 Å². The Labute approximate surface area is 151 Å². The summed E-state index contributed by atoms with van der Waals surface area (Å²) >= 11 is 0. The summed E-state index contributed by atoms with van der Waals surface area (Å²) in [4.78, 5) is 17.2. The number of nitrogens with one attached hydrogen (secondary N) is 2. The molecule has 1 amide bonds. The minimum Gasteiger partial charge on any atom is -0.356 e. The van der Waals surface area contributed by atoms with E-state index in [4.69, 9.17) is 0 Å². The lowest BCUT2D eigenvalue weighted by molar-refractivity contribution is -0.127. The quantitative estimate of drug-likeness (QED) is 0.320. The zero-order valence-electron chi connectivity index (χ0n) is 14.0. The van der Waals surface area contributed by atoms with Gasteiger partial charge in [0.1, 0.15) is 16.4 Å². The minimum atomic E-state index is -2.97. The van der Waals surface area contributed by atoms with Crippen molar-refractivity contribution in [3.63, 3.8) is 0 Å². The molecule has 1 unspecified atom stereocenters. The molecule has 0 saturated carbocycles. The molecule has 0 aromatic heterocycles. The molecule has 1 atom stereocenters. The summed E-state index contributed by atoms with van der Waals surface area (Å²) in [6, 6.07) is -0.0442. The van der Waals surface area contributed by atoms with Gasteiger partial charge in [-0.05, 0) is 19.8 Å². The SMILES string of the molecule is CCCNC(=NCC(=O)N(C)C)NC(C)CCS(C)(=O)=O.I. The average molecular weight is 448 g/mol. The summed E-state index contributed by atoms with van der Waals surface area (Å²) in [5.41, 5.74) is 0. The van der Waals surface area contributed by atoms with Crippen LogP contribution < -0.4 is 10.6 Å². The lowest BCUT2D eigenvalue weighted by atomic mass is 10.3. The van der Waals surface area contributed by atoms with Gasteiger partial charge in [-0.15, -0.1) is 24.0 Å². The predicted molar refractivity (Wildman–Crippen MR) is 102 cm³/mol.